The number of hydrogen-bond donors (Lipinski definition) is 2. The van der Waals surface area contributed by atoms with Crippen molar-refractivity contribution in [2.45, 2.75) is 32.4 Å². The second kappa shape index (κ2) is 5.73. The van der Waals surface area contributed by atoms with Crippen molar-refractivity contribution in [2.24, 2.45) is 0 Å². The fourth-order valence-corrected chi connectivity index (χ4v) is 1.79. The first-order valence-corrected chi connectivity index (χ1v) is 5.99. The molecule has 2 rings (SSSR count). The maximum atomic E-state index is 10.4. The zero-order valence-electron chi connectivity index (χ0n) is 10.3. The number of carbonyl (C=O) groups is 1. The summed E-state index contributed by atoms with van der Waals surface area (Å²) in [5.41, 5.74) is 1.10. The molecule has 1 heterocycles. The minimum Gasteiger partial charge on any atom is -0.481 e. The first kappa shape index (κ1) is 12.7. The molecule has 98 valence electrons. The second-order valence-corrected chi connectivity index (χ2v) is 4.40. The Kier molecular flexibility index (Phi) is 4.04. The van der Waals surface area contributed by atoms with Crippen LogP contribution in [0.3, 0.4) is 0 Å². The third kappa shape index (κ3) is 3.37. The first-order valence-electron chi connectivity index (χ1n) is 5.99. The van der Waals surface area contributed by atoms with Gasteiger partial charge in [0.05, 0.1) is 0 Å². The molecule has 0 bridgehead atoms. The van der Waals surface area contributed by atoms with E-state index in [2.05, 4.69) is 5.32 Å². The van der Waals surface area contributed by atoms with Gasteiger partial charge in [-0.3, -0.25) is 4.79 Å². The maximum absolute atomic E-state index is 10.4. The van der Waals surface area contributed by atoms with Crippen LogP contribution in [0.1, 0.15) is 25.3 Å². The van der Waals surface area contributed by atoms with E-state index in [1.807, 2.05) is 25.1 Å². The lowest BCUT2D eigenvalue weighted by Gasteiger charge is -2.12. The van der Waals surface area contributed by atoms with Gasteiger partial charge in [-0.1, -0.05) is 6.07 Å². The quantitative estimate of drug-likeness (QED) is 0.806. The van der Waals surface area contributed by atoms with E-state index in [1.165, 1.54) is 0 Å². The molecule has 18 heavy (non-hydrogen) atoms. The summed E-state index contributed by atoms with van der Waals surface area (Å²) in [6, 6.07) is 5.98. The van der Waals surface area contributed by atoms with Crippen molar-refractivity contribution in [1.29, 1.82) is 0 Å². The number of rotatable bonds is 6. The van der Waals surface area contributed by atoms with E-state index in [1.54, 1.807) is 0 Å². The van der Waals surface area contributed by atoms with Gasteiger partial charge >= 0.3 is 5.97 Å². The minimum absolute atomic E-state index is 0.173. The van der Waals surface area contributed by atoms with Crippen LogP contribution < -0.4 is 14.8 Å². The number of ether oxygens (including phenoxy) is 2. The van der Waals surface area contributed by atoms with Gasteiger partial charge in [0.25, 0.3) is 0 Å². The van der Waals surface area contributed by atoms with Crippen LogP contribution in [0.2, 0.25) is 0 Å². The number of benzene rings is 1. The fourth-order valence-electron chi connectivity index (χ4n) is 1.79. The molecule has 1 unspecified atom stereocenters. The topological polar surface area (TPSA) is 67.8 Å². The highest BCUT2D eigenvalue weighted by molar-refractivity contribution is 5.66. The Morgan fingerprint density at radius 3 is 3.00 bits per heavy atom. The summed E-state index contributed by atoms with van der Waals surface area (Å²) < 4.78 is 10.5. The number of hydrogen-bond acceptors (Lipinski definition) is 4. The van der Waals surface area contributed by atoms with Gasteiger partial charge in [0.2, 0.25) is 6.79 Å². The predicted octanol–water partition coefficient (Wildman–Crippen LogP) is 1.76. The van der Waals surface area contributed by atoms with E-state index < -0.39 is 5.97 Å². The van der Waals surface area contributed by atoms with Crippen molar-refractivity contribution in [2.75, 3.05) is 6.79 Å². The summed E-state index contributed by atoms with van der Waals surface area (Å²) >= 11 is 0. The van der Waals surface area contributed by atoms with Gasteiger partial charge in [-0.2, -0.15) is 0 Å². The molecule has 0 fully saturated rings. The van der Waals surface area contributed by atoms with Crippen LogP contribution in [0.5, 0.6) is 11.5 Å². The van der Waals surface area contributed by atoms with Crippen LogP contribution in [0.15, 0.2) is 18.2 Å². The standard InChI is InChI=1S/C13H17NO4/c1-9(2-5-13(15)16)14-7-10-3-4-11-12(6-10)18-8-17-11/h3-4,6,9,14H,2,5,7-8H2,1H3,(H,15,16). The average Bonchev–Trinajstić information content (AvgIpc) is 2.81. The Labute approximate surface area is 106 Å². The highest BCUT2D eigenvalue weighted by atomic mass is 16.7. The lowest BCUT2D eigenvalue weighted by molar-refractivity contribution is -0.137. The second-order valence-electron chi connectivity index (χ2n) is 4.40. The highest BCUT2D eigenvalue weighted by Crippen LogP contribution is 2.32. The molecule has 5 heteroatoms. The molecule has 1 aliphatic heterocycles. The van der Waals surface area contributed by atoms with E-state index in [-0.39, 0.29) is 19.3 Å². The van der Waals surface area contributed by atoms with Crippen LogP contribution in [-0.2, 0) is 11.3 Å². The van der Waals surface area contributed by atoms with Gasteiger partial charge in [-0.25, -0.2) is 0 Å². The molecular formula is C13H17NO4. The van der Waals surface area contributed by atoms with Gasteiger partial charge in [0.15, 0.2) is 11.5 Å². The molecule has 1 aromatic carbocycles. The number of carboxylic acids is 1. The zero-order chi connectivity index (χ0) is 13.0. The Hall–Kier alpha value is -1.75. The molecule has 0 aliphatic carbocycles. The molecule has 2 N–H and O–H groups in total. The van der Waals surface area contributed by atoms with Gasteiger partial charge in [0, 0.05) is 19.0 Å². The zero-order valence-corrected chi connectivity index (χ0v) is 10.3. The van der Waals surface area contributed by atoms with Crippen LogP contribution >= 0.6 is 0 Å². The number of nitrogens with one attached hydrogen (secondary N) is 1. The predicted molar refractivity (Wildman–Crippen MR) is 65.7 cm³/mol. The molecule has 5 nitrogen and oxygen atoms in total. The molecule has 0 radical (unpaired) electrons. The Bertz CT molecular complexity index is 433. The Balaban J connectivity index is 1.81. The monoisotopic (exact) mass is 251 g/mol. The summed E-state index contributed by atoms with van der Waals surface area (Å²) in [4.78, 5) is 10.4. The lowest BCUT2D eigenvalue weighted by atomic mass is 10.1. The molecule has 1 aromatic rings. The van der Waals surface area contributed by atoms with E-state index in [9.17, 15) is 4.79 Å². The molecule has 0 spiro atoms. The van der Waals surface area contributed by atoms with E-state index in [0.717, 1.165) is 17.1 Å². The largest absolute Gasteiger partial charge is 0.481 e. The van der Waals surface area contributed by atoms with E-state index in [0.29, 0.717) is 13.0 Å². The van der Waals surface area contributed by atoms with Crippen molar-refractivity contribution in [1.82, 2.24) is 5.32 Å². The normalized spacial score (nSPS) is 14.5. The summed E-state index contributed by atoms with van der Waals surface area (Å²) in [7, 11) is 0. The van der Waals surface area contributed by atoms with Crippen LogP contribution in [0.4, 0.5) is 0 Å². The van der Waals surface area contributed by atoms with Gasteiger partial charge in [-0.05, 0) is 31.0 Å². The molecular weight excluding hydrogens is 234 g/mol. The third-order valence-electron chi connectivity index (χ3n) is 2.88. The van der Waals surface area contributed by atoms with E-state index >= 15 is 0 Å². The maximum Gasteiger partial charge on any atom is 0.303 e. The summed E-state index contributed by atoms with van der Waals surface area (Å²) in [5, 5.41) is 11.9. The third-order valence-corrected chi connectivity index (χ3v) is 2.88. The van der Waals surface area contributed by atoms with Gasteiger partial charge in [-0.15, -0.1) is 0 Å². The Morgan fingerprint density at radius 2 is 2.22 bits per heavy atom. The number of carboxylic acid groups (broad SMARTS) is 1. The first-order chi connectivity index (χ1) is 8.65. The molecule has 0 saturated carbocycles. The summed E-state index contributed by atoms with van der Waals surface area (Å²) in [6.07, 6.45) is 0.815. The average molecular weight is 251 g/mol. The summed E-state index contributed by atoms with van der Waals surface area (Å²) in [5.74, 6) is 0.789. The molecule has 1 aliphatic rings. The van der Waals surface area contributed by atoms with Crippen molar-refractivity contribution < 1.29 is 19.4 Å². The molecule has 1 atom stereocenters. The molecule has 0 aromatic heterocycles. The van der Waals surface area contributed by atoms with Crippen molar-refractivity contribution in [3.05, 3.63) is 23.8 Å². The van der Waals surface area contributed by atoms with Gasteiger partial charge in [0.1, 0.15) is 0 Å². The van der Waals surface area contributed by atoms with Crippen molar-refractivity contribution >= 4 is 5.97 Å². The SMILES string of the molecule is CC(CCC(=O)O)NCc1ccc2c(c1)OCO2. The van der Waals surface area contributed by atoms with Crippen LogP contribution in [0.25, 0.3) is 0 Å². The fraction of sp³-hybridized carbons (Fsp3) is 0.462. The van der Waals surface area contributed by atoms with Gasteiger partial charge < -0.3 is 19.9 Å². The minimum atomic E-state index is -0.758. The highest BCUT2D eigenvalue weighted by Gasteiger charge is 2.13. The molecule has 0 amide bonds. The van der Waals surface area contributed by atoms with E-state index in [4.69, 9.17) is 14.6 Å². The molecule has 0 saturated heterocycles. The van der Waals surface area contributed by atoms with Crippen molar-refractivity contribution in [3.8, 4) is 11.5 Å². The van der Waals surface area contributed by atoms with Crippen LogP contribution in [0, 0.1) is 0 Å². The summed E-state index contributed by atoms with van der Waals surface area (Å²) in [6.45, 7) is 2.95. The van der Waals surface area contributed by atoms with Crippen molar-refractivity contribution in [3.63, 3.8) is 0 Å². The lowest BCUT2D eigenvalue weighted by Crippen LogP contribution is -2.26. The van der Waals surface area contributed by atoms with Crippen LogP contribution in [-0.4, -0.2) is 23.9 Å². The number of fused-ring (bicyclic) bond motifs is 1. The number of aliphatic carboxylic acids is 1. The smallest absolute Gasteiger partial charge is 0.303 e. The Morgan fingerprint density at radius 1 is 1.44 bits per heavy atom.